The number of rotatable bonds is 73. The van der Waals surface area contributed by atoms with E-state index in [4.69, 9.17) is 37.0 Å². The summed E-state index contributed by atoms with van der Waals surface area (Å²) >= 11 is 0. The zero-order valence-corrected chi connectivity index (χ0v) is 61.5. The third kappa shape index (κ3) is 66.7. The normalized spacial score (nSPS) is 14.0. The summed E-state index contributed by atoms with van der Waals surface area (Å²) in [6, 6.07) is 0. The average molecular weight is 1350 g/mol. The summed E-state index contributed by atoms with van der Waals surface area (Å²) in [6.07, 6.45) is 54.1. The predicted octanol–water partition coefficient (Wildman–Crippen LogP) is 21.3. The fraction of sp³-hybridized carbons (Fsp3) is 0.945. The summed E-state index contributed by atoms with van der Waals surface area (Å²) in [4.78, 5) is 72.6. The van der Waals surface area contributed by atoms with Crippen molar-refractivity contribution in [3.8, 4) is 0 Å². The van der Waals surface area contributed by atoms with Crippen molar-refractivity contribution in [1.82, 2.24) is 0 Å². The lowest BCUT2D eigenvalue weighted by molar-refractivity contribution is -0.161. The Morgan fingerprint density at radius 1 is 0.293 bits per heavy atom. The first kappa shape index (κ1) is 90.1. The molecule has 0 bridgehead atoms. The van der Waals surface area contributed by atoms with Gasteiger partial charge in [-0.2, -0.15) is 0 Å². The highest BCUT2D eigenvalue weighted by Gasteiger charge is 2.30. The van der Waals surface area contributed by atoms with Crippen LogP contribution in [0.3, 0.4) is 0 Å². The summed E-state index contributed by atoms with van der Waals surface area (Å²) < 4.78 is 68.3. The van der Waals surface area contributed by atoms with Gasteiger partial charge in [0.25, 0.3) is 0 Å². The summed E-state index contributed by atoms with van der Waals surface area (Å²) in [6.45, 7) is 7.27. The number of carbonyl (C=O) groups excluding carboxylic acids is 4. The molecule has 0 aliphatic carbocycles. The van der Waals surface area contributed by atoms with Crippen LogP contribution < -0.4 is 0 Å². The number of phosphoric acid groups is 2. The first-order valence-electron chi connectivity index (χ1n) is 38.1. The number of hydrogen-bond donors (Lipinski definition) is 3. The van der Waals surface area contributed by atoms with Gasteiger partial charge in [-0.25, -0.2) is 9.13 Å². The van der Waals surface area contributed by atoms with Crippen LogP contribution >= 0.6 is 15.6 Å². The Balaban J connectivity index is 5.21. The van der Waals surface area contributed by atoms with Gasteiger partial charge in [-0.15, -0.1) is 0 Å². The van der Waals surface area contributed by atoms with Crippen LogP contribution in [0.25, 0.3) is 0 Å². The highest BCUT2D eigenvalue weighted by Crippen LogP contribution is 2.45. The van der Waals surface area contributed by atoms with Crippen molar-refractivity contribution in [1.29, 1.82) is 0 Å². The maximum Gasteiger partial charge on any atom is 0.472 e. The van der Waals surface area contributed by atoms with E-state index in [0.29, 0.717) is 25.7 Å². The quantitative estimate of drug-likeness (QED) is 0.0222. The van der Waals surface area contributed by atoms with Crippen LogP contribution in [0, 0.1) is 5.92 Å². The molecule has 0 rings (SSSR count). The minimum absolute atomic E-state index is 0.107. The van der Waals surface area contributed by atoms with E-state index in [1.807, 2.05) is 0 Å². The van der Waals surface area contributed by atoms with Crippen LogP contribution in [-0.4, -0.2) is 96.7 Å². The van der Waals surface area contributed by atoms with Crippen LogP contribution in [0.1, 0.15) is 381 Å². The van der Waals surface area contributed by atoms with Crippen molar-refractivity contribution in [2.24, 2.45) is 5.92 Å². The molecular weight excluding hydrogens is 1210 g/mol. The molecule has 0 aliphatic rings. The molecule has 0 aliphatic heterocycles. The molecule has 0 aromatic rings. The molecule has 546 valence electrons. The molecule has 17 nitrogen and oxygen atoms in total. The first-order valence-corrected chi connectivity index (χ1v) is 41.1. The van der Waals surface area contributed by atoms with Gasteiger partial charge in [-0.05, 0) is 31.6 Å². The van der Waals surface area contributed by atoms with Crippen molar-refractivity contribution in [2.45, 2.75) is 400 Å². The van der Waals surface area contributed by atoms with E-state index < -0.39 is 97.5 Å². The second-order valence-electron chi connectivity index (χ2n) is 26.8. The van der Waals surface area contributed by atoms with E-state index in [2.05, 4.69) is 34.6 Å². The SMILES string of the molecule is CCCCCCCCCCCCCCCCCCC(=O)OC[C@H](COP(=O)(O)OC[C@@H](O)COP(=O)(O)OC[C@@H](COC(=O)CCCCCCCCCC)OC(=O)CCCCCCCCCCCCC)OC(=O)CCCCCCCCCCCCCCCCC(C)C. The topological polar surface area (TPSA) is 237 Å². The zero-order chi connectivity index (χ0) is 67.7. The molecule has 0 aromatic heterocycles. The van der Waals surface area contributed by atoms with E-state index in [-0.39, 0.29) is 25.7 Å². The molecule has 0 fully saturated rings. The van der Waals surface area contributed by atoms with E-state index in [9.17, 15) is 43.2 Å². The number of aliphatic hydroxyl groups is 1. The van der Waals surface area contributed by atoms with Crippen LogP contribution in [0.5, 0.6) is 0 Å². The number of carbonyl (C=O) groups is 4. The molecule has 0 aromatic carbocycles. The Morgan fingerprint density at radius 2 is 0.500 bits per heavy atom. The van der Waals surface area contributed by atoms with Gasteiger partial charge in [-0.1, -0.05) is 330 Å². The zero-order valence-electron chi connectivity index (χ0n) is 59.7. The molecule has 19 heteroatoms. The number of aliphatic hydroxyl groups excluding tert-OH is 1. The summed E-state index contributed by atoms with van der Waals surface area (Å²) in [5.74, 6) is -1.32. The molecule has 92 heavy (non-hydrogen) atoms. The second kappa shape index (κ2) is 66.3. The molecule has 0 heterocycles. The largest absolute Gasteiger partial charge is 0.472 e. The van der Waals surface area contributed by atoms with E-state index in [1.165, 1.54) is 199 Å². The highest BCUT2D eigenvalue weighted by atomic mass is 31.2. The number of unbranched alkanes of at least 4 members (excludes halogenated alkanes) is 45. The third-order valence-corrected chi connectivity index (χ3v) is 18.9. The van der Waals surface area contributed by atoms with E-state index in [0.717, 1.165) is 102 Å². The van der Waals surface area contributed by atoms with E-state index in [1.54, 1.807) is 0 Å². The Labute approximate surface area is 562 Å². The summed E-state index contributed by atoms with van der Waals surface area (Å²) in [7, 11) is -9.90. The minimum Gasteiger partial charge on any atom is -0.462 e. The van der Waals surface area contributed by atoms with Gasteiger partial charge in [0, 0.05) is 25.7 Å². The molecule has 0 radical (unpaired) electrons. The highest BCUT2D eigenvalue weighted by molar-refractivity contribution is 7.47. The van der Waals surface area contributed by atoms with Gasteiger partial charge in [0.1, 0.15) is 19.3 Å². The van der Waals surface area contributed by atoms with Gasteiger partial charge in [0.05, 0.1) is 26.4 Å². The molecular formula is C73H142O17P2. The van der Waals surface area contributed by atoms with Crippen LogP contribution in [0.4, 0.5) is 0 Å². The van der Waals surface area contributed by atoms with Crippen molar-refractivity contribution in [3.05, 3.63) is 0 Å². The van der Waals surface area contributed by atoms with Gasteiger partial charge < -0.3 is 33.8 Å². The first-order chi connectivity index (χ1) is 44.5. The van der Waals surface area contributed by atoms with E-state index >= 15 is 0 Å². The second-order valence-corrected chi connectivity index (χ2v) is 29.7. The fourth-order valence-corrected chi connectivity index (χ4v) is 12.8. The number of phosphoric ester groups is 2. The van der Waals surface area contributed by atoms with Gasteiger partial charge >= 0.3 is 39.5 Å². The monoisotopic (exact) mass is 1350 g/mol. The fourth-order valence-electron chi connectivity index (χ4n) is 11.2. The van der Waals surface area contributed by atoms with Gasteiger partial charge in [-0.3, -0.25) is 37.3 Å². The Morgan fingerprint density at radius 3 is 0.739 bits per heavy atom. The molecule has 0 spiro atoms. The average Bonchev–Trinajstić information content (AvgIpc) is 1.92. The van der Waals surface area contributed by atoms with Crippen molar-refractivity contribution in [3.63, 3.8) is 0 Å². The molecule has 0 saturated heterocycles. The minimum atomic E-state index is -4.95. The van der Waals surface area contributed by atoms with Gasteiger partial charge in [0.2, 0.25) is 0 Å². The third-order valence-electron chi connectivity index (χ3n) is 17.0. The summed E-state index contributed by atoms with van der Waals surface area (Å²) in [5.41, 5.74) is 0. The molecule has 0 saturated carbocycles. The number of ether oxygens (including phenoxy) is 4. The molecule has 0 amide bonds. The molecule has 2 unspecified atom stereocenters. The lowest BCUT2D eigenvalue weighted by Crippen LogP contribution is -2.30. The standard InChI is InChI=1S/C73H142O17P2/c1-6-9-12-15-18-21-23-24-25-26-30-34-37-42-47-52-57-71(76)84-63-69(90-73(78)59-54-49-44-39-35-31-28-27-29-33-36-40-45-50-55-66(4)5)65-88-92(81,82)86-61-67(74)60-85-91(79,80)87-64-68(62-83-70(75)56-51-46-41-20-17-14-11-8-3)89-72(77)58-53-48-43-38-32-22-19-16-13-10-7-2/h66-69,74H,6-65H2,1-5H3,(H,79,80)(H,81,82)/t67-,68+,69+/m0/s1. The lowest BCUT2D eigenvalue weighted by atomic mass is 10.0. The lowest BCUT2D eigenvalue weighted by Gasteiger charge is -2.21. The van der Waals surface area contributed by atoms with Crippen LogP contribution in [0.15, 0.2) is 0 Å². The van der Waals surface area contributed by atoms with Crippen molar-refractivity contribution >= 4 is 39.5 Å². The van der Waals surface area contributed by atoms with Crippen molar-refractivity contribution < 1.29 is 80.2 Å². The van der Waals surface area contributed by atoms with Crippen LogP contribution in [0.2, 0.25) is 0 Å². The smallest absolute Gasteiger partial charge is 0.462 e. The number of hydrogen-bond acceptors (Lipinski definition) is 15. The maximum absolute atomic E-state index is 13.1. The van der Waals surface area contributed by atoms with Gasteiger partial charge in [0.15, 0.2) is 12.2 Å². The Kier molecular flexibility index (Phi) is 64.9. The Hall–Kier alpha value is -1.94. The molecule has 5 atom stereocenters. The van der Waals surface area contributed by atoms with Crippen LogP contribution in [-0.2, 0) is 65.4 Å². The Bertz CT molecular complexity index is 1770. The molecule has 3 N–H and O–H groups in total. The predicted molar refractivity (Wildman–Crippen MR) is 372 cm³/mol. The summed E-state index contributed by atoms with van der Waals surface area (Å²) in [5, 5.41) is 10.6. The maximum atomic E-state index is 13.1. The number of esters is 4. The van der Waals surface area contributed by atoms with Crippen molar-refractivity contribution in [2.75, 3.05) is 39.6 Å².